The monoisotopic (exact) mass is 149 g/mol. The van der Waals surface area contributed by atoms with Crippen LogP contribution in [0.25, 0.3) is 0 Å². The molecule has 0 saturated heterocycles. The molecule has 1 saturated carbocycles. The molecule has 1 atom stereocenters. The van der Waals surface area contributed by atoms with E-state index in [1.165, 1.54) is 11.1 Å². The van der Waals surface area contributed by atoms with Crippen molar-refractivity contribution in [3.63, 3.8) is 0 Å². The number of allylic oxidation sites excluding steroid dienone is 3. The van der Waals surface area contributed by atoms with E-state index in [4.69, 9.17) is 5.73 Å². The van der Waals surface area contributed by atoms with Crippen molar-refractivity contribution in [2.45, 2.75) is 25.8 Å². The van der Waals surface area contributed by atoms with Crippen LogP contribution in [0.5, 0.6) is 0 Å². The predicted molar refractivity (Wildman–Crippen MR) is 49.2 cm³/mol. The van der Waals surface area contributed by atoms with Crippen LogP contribution in [0.1, 0.15) is 19.8 Å². The average Bonchev–Trinajstić information content (AvgIpc) is 2.33. The van der Waals surface area contributed by atoms with E-state index in [0.717, 1.165) is 12.8 Å². The topological polar surface area (TPSA) is 26.0 Å². The van der Waals surface area contributed by atoms with Gasteiger partial charge in [-0.2, -0.15) is 0 Å². The lowest BCUT2D eigenvalue weighted by Crippen LogP contribution is -2.16. The summed E-state index contributed by atoms with van der Waals surface area (Å²) in [6, 6.07) is 0.256. The molecule has 0 heterocycles. The van der Waals surface area contributed by atoms with Crippen LogP contribution in [0.3, 0.4) is 0 Å². The van der Waals surface area contributed by atoms with E-state index >= 15 is 0 Å². The van der Waals surface area contributed by atoms with Crippen molar-refractivity contribution in [1.29, 1.82) is 0 Å². The number of hydrogen-bond donors (Lipinski definition) is 1. The molecule has 0 aromatic heterocycles. The first-order valence-electron chi connectivity index (χ1n) is 4.03. The Kier molecular flexibility index (Phi) is 2.66. The van der Waals surface area contributed by atoms with Gasteiger partial charge in [0.15, 0.2) is 0 Å². The maximum atomic E-state index is 5.87. The summed E-state index contributed by atoms with van der Waals surface area (Å²) in [6.07, 6.45) is 8.18. The summed E-state index contributed by atoms with van der Waals surface area (Å²) < 4.78 is 0. The molecule has 0 radical (unpaired) electrons. The molecule has 11 heavy (non-hydrogen) atoms. The quantitative estimate of drug-likeness (QED) is 0.607. The van der Waals surface area contributed by atoms with Crippen LogP contribution in [0.15, 0.2) is 36.0 Å². The van der Waals surface area contributed by atoms with Crippen molar-refractivity contribution in [3.8, 4) is 0 Å². The fraction of sp³-hybridized carbons (Fsp3) is 0.400. The van der Waals surface area contributed by atoms with E-state index in [1.807, 2.05) is 13.0 Å². The SMILES string of the molecule is C=C/C=C1/CCC(N)/C1=C/C. The van der Waals surface area contributed by atoms with Crippen molar-refractivity contribution >= 4 is 0 Å². The van der Waals surface area contributed by atoms with Crippen LogP contribution in [-0.2, 0) is 0 Å². The van der Waals surface area contributed by atoms with E-state index in [-0.39, 0.29) is 6.04 Å². The molecule has 1 heteroatoms. The summed E-state index contributed by atoms with van der Waals surface area (Å²) >= 11 is 0. The van der Waals surface area contributed by atoms with Crippen molar-refractivity contribution in [2.24, 2.45) is 5.73 Å². The zero-order valence-corrected chi connectivity index (χ0v) is 7.01. The molecule has 1 rings (SSSR count). The smallest absolute Gasteiger partial charge is 0.0297 e. The molecule has 2 N–H and O–H groups in total. The van der Waals surface area contributed by atoms with Gasteiger partial charge in [0.25, 0.3) is 0 Å². The fourth-order valence-corrected chi connectivity index (χ4v) is 1.57. The molecule has 1 unspecified atom stereocenters. The van der Waals surface area contributed by atoms with Crippen molar-refractivity contribution in [3.05, 3.63) is 36.0 Å². The third kappa shape index (κ3) is 1.60. The summed E-state index contributed by atoms with van der Waals surface area (Å²) in [6.45, 7) is 5.71. The van der Waals surface area contributed by atoms with E-state index in [0.29, 0.717) is 0 Å². The highest BCUT2D eigenvalue weighted by molar-refractivity contribution is 5.40. The number of rotatable bonds is 1. The molecule has 0 aliphatic heterocycles. The van der Waals surface area contributed by atoms with E-state index in [2.05, 4.69) is 18.7 Å². The van der Waals surface area contributed by atoms with Gasteiger partial charge in [0.2, 0.25) is 0 Å². The maximum absolute atomic E-state index is 5.87. The largest absolute Gasteiger partial charge is 0.324 e. The Morgan fingerprint density at radius 1 is 1.64 bits per heavy atom. The van der Waals surface area contributed by atoms with Crippen molar-refractivity contribution in [1.82, 2.24) is 0 Å². The predicted octanol–water partition coefficient (Wildman–Crippen LogP) is 2.17. The van der Waals surface area contributed by atoms with Crippen LogP contribution < -0.4 is 5.73 Å². The van der Waals surface area contributed by atoms with Gasteiger partial charge in [0, 0.05) is 6.04 Å². The van der Waals surface area contributed by atoms with Crippen LogP contribution >= 0.6 is 0 Å². The van der Waals surface area contributed by atoms with Gasteiger partial charge in [0.05, 0.1) is 0 Å². The molecule has 60 valence electrons. The third-order valence-electron chi connectivity index (χ3n) is 2.12. The van der Waals surface area contributed by atoms with Crippen LogP contribution in [-0.4, -0.2) is 6.04 Å². The van der Waals surface area contributed by atoms with E-state index < -0.39 is 0 Å². The average molecular weight is 149 g/mol. The minimum atomic E-state index is 0.256. The van der Waals surface area contributed by atoms with Crippen LogP contribution in [0.4, 0.5) is 0 Å². The summed E-state index contributed by atoms with van der Waals surface area (Å²) in [5, 5.41) is 0. The fourth-order valence-electron chi connectivity index (χ4n) is 1.57. The highest BCUT2D eigenvalue weighted by Gasteiger charge is 2.19. The summed E-state index contributed by atoms with van der Waals surface area (Å²) in [5.41, 5.74) is 8.52. The second-order valence-corrected chi connectivity index (χ2v) is 2.82. The Morgan fingerprint density at radius 3 is 2.91 bits per heavy atom. The molecule has 1 nitrogen and oxygen atoms in total. The summed E-state index contributed by atoms with van der Waals surface area (Å²) in [7, 11) is 0. The van der Waals surface area contributed by atoms with Crippen molar-refractivity contribution < 1.29 is 0 Å². The highest BCUT2D eigenvalue weighted by Crippen LogP contribution is 2.29. The summed E-state index contributed by atoms with van der Waals surface area (Å²) in [4.78, 5) is 0. The lowest BCUT2D eigenvalue weighted by Gasteiger charge is -2.03. The van der Waals surface area contributed by atoms with Gasteiger partial charge < -0.3 is 5.73 Å². The Labute approximate surface area is 68.3 Å². The van der Waals surface area contributed by atoms with Gasteiger partial charge in [-0.1, -0.05) is 24.8 Å². The zero-order chi connectivity index (χ0) is 8.27. The normalized spacial score (nSPS) is 31.6. The summed E-state index contributed by atoms with van der Waals surface area (Å²) in [5.74, 6) is 0. The van der Waals surface area contributed by atoms with Crippen LogP contribution in [0.2, 0.25) is 0 Å². The molecule has 0 aromatic rings. The molecular formula is C10H15N. The van der Waals surface area contributed by atoms with Gasteiger partial charge in [0.1, 0.15) is 0 Å². The van der Waals surface area contributed by atoms with E-state index in [1.54, 1.807) is 0 Å². The lowest BCUT2D eigenvalue weighted by molar-refractivity contribution is 0.778. The molecular weight excluding hydrogens is 134 g/mol. The molecule has 0 spiro atoms. The molecule has 1 aliphatic carbocycles. The van der Waals surface area contributed by atoms with Gasteiger partial charge in [-0.3, -0.25) is 0 Å². The van der Waals surface area contributed by atoms with Gasteiger partial charge >= 0.3 is 0 Å². The second kappa shape index (κ2) is 3.54. The Morgan fingerprint density at radius 2 is 2.36 bits per heavy atom. The molecule has 0 aromatic carbocycles. The standard InChI is InChI=1S/C10H15N/c1-3-5-8-6-7-10(11)9(8)4-2/h3-5,10H,1,6-7,11H2,2H3/b8-5-,9-4+. The first kappa shape index (κ1) is 8.28. The molecule has 0 bridgehead atoms. The first-order chi connectivity index (χ1) is 5.29. The second-order valence-electron chi connectivity index (χ2n) is 2.82. The highest BCUT2D eigenvalue weighted by atomic mass is 14.7. The van der Waals surface area contributed by atoms with Crippen LogP contribution in [0, 0.1) is 0 Å². The minimum absolute atomic E-state index is 0.256. The molecule has 1 fully saturated rings. The lowest BCUT2D eigenvalue weighted by atomic mass is 10.1. The minimum Gasteiger partial charge on any atom is -0.324 e. The van der Waals surface area contributed by atoms with Gasteiger partial charge in [-0.25, -0.2) is 0 Å². The van der Waals surface area contributed by atoms with Crippen molar-refractivity contribution in [2.75, 3.05) is 0 Å². The number of nitrogens with two attached hydrogens (primary N) is 1. The zero-order valence-electron chi connectivity index (χ0n) is 7.01. The third-order valence-corrected chi connectivity index (χ3v) is 2.12. The Hall–Kier alpha value is -0.820. The molecule has 1 aliphatic rings. The maximum Gasteiger partial charge on any atom is 0.0297 e. The Balaban J connectivity index is 2.86. The number of hydrogen-bond acceptors (Lipinski definition) is 1. The van der Waals surface area contributed by atoms with Gasteiger partial charge in [-0.05, 0) is 30.9 Å². The Bertz CT molecular complexity index is 211. The van der Waals surface area contributed by atoms with Gasteiger partial charge in [-0.15, -0.1) is 0 Å². The first-order valence-corrected chi connectivity index (χ1v) is 4.03. The molecule has 0 amide bonds. The van der Waals surface area contributed by atoms with E-state index in [9.17, 15) is 0 Å².